The van der Waals surface area contributed by atoms with Gasteiger partial charge in [0.25, 0.3) is 0 Å². The molecule has 0 fully saturated rings. The molecule has 0 saturated heterocycles. The molecule has 236 valence electrons. The summed E-state index contributed by atoms with van der Waals surface area (Å²) < 4.78 is 37.4. The number of fused-ring (bicyclic) bond motifs is 1. The number of ether oxygens (including phenoxy) is 5. The number of rotatable bonds is 12. The average molecular weight is 734 g/mol. The monoisotopic (exact) mass is 733 g/mol. The first-order valence-electron chi connectivity index (χ1n) is 14.7. The average Bonchev–Trinajstić information content (AvgIpc) is 3.80. The van der Waals surface area contributed by atoms with Crippen molar-refractivity contribution in [2.24, 2.45) is 5.10 Å². The number of hydrogen-bond acceptors (Lipinski definition) is 8. The number of hydrazone groups is 1. The smallest absolute Gasteiger partial charge is 0.307 e. The fourth-order valence-electron chi connectivity index (χ4n) is 4.97. The number of carbonyl (C=O) groups is 1. The molecule has 1 amide bonds. The fourth-order valence-corrected chi connectivity index (χ4v) is 5.75. The summed E-state index contributed by atoms with van der Waals surface area (Å²) in [7, 11) is 0. The van der Waals surface area contributed by atoms with Gasteiger partial charge in [-0.2, -0.15) is 5.10 Å². The predicted octanol–water partition coefficient (Wildman–Crippen LogP) is 7.34. The van der Waals surface area contributed by atoms with Gasteiger partial charge in [-0.25, -0.2) is 5.43 Å². The Balaban J connectivity index is 1.03. The van der Waals surface area contributed by atoms with Crippen LogP contribution in [0.1, 0.15) is 45.8 Å². The lowest BCUT2D eigenvalue weighted by Crippen LogP contribution is -2.16. The van der Waals surface area contributed by atoms with Crippen molar-refractivity contribution in [1.82, 2.24) is 9.99 Å². The normalized spacial score (nSPS) is 12.0. The maximum Gasteiger partial charge on any atom is 0.307 e. The van der Waals surface area contributed by atoms with Crippen molar-refractivity contribution in [3.05, 3.63) is 116 Å². The summed E-state index contributed by atoms with van der Waals surface area (Å²) in [4.78, 5) is 12.7. The largest absolute Gasteiger partial charge is 0.490 e. The zero-order chi connectivity index (χ0) is 32.0. The van der Waals surface area contributed by atoms with Crippen LogP contribution in [-0.4, -0.2) is 30.1 Å². The third-order valence-electron chi connectivity index (χ3n) is 7.16. The first-order valence-corrected chi connectivity index (χ1v) is 15.7. The molecule has 0 radical (unpaired) electrons. The number of benzene rings is 3. The van der Waals surface area contributed by atoms with Gasteiger partial charge in [0.15, 0.2) is 28.8 Å². The van der Waals surface area contributed by atoms with E-state index in [-0.39, 0.29) is 19.2 Å². The van der Waals surface area contributed by atoms with Crippen molar-refractivity contribution in [3.8, 4) is 34.4 Å². The van der Waals surface area contributed by atoms with Crippen molar-refractivity contribution in [2.45, 2.75) is 34.0 Å². The number of hydrogen-bond donors (Lipinski definition) is 1. The molecule has 11 heteroatoms. The number of carbonyl (C=O) groups excluding carboxylic acids is 1. The van der Waals surface area contributed by atoms with Crippen LogP contribution in [0.4, 0.5) is 0 Å². The molecule has 6 rings (SSSR count). The summed E-state index contributed by atoms with van der Waals surface area (Å²) in [6.07, 6.45) is 1.54. The van der Waals surface area contributed by atoms with E-state index in [4.69, 9.17) is 28.1 Å². The van der Waals surface area contributed by atoms with Gasteiger partial charge in [-0.3, -0.25) is 4.79 Å². The summed E-state index contributed by atoms with van der Waals surface area (Å²) in [5.41, 5.74) is 7.58. The van der Waals surface area contributed by atoms with E-state index in [1.54, 1.807) is 12.1 Å². The quantitative estimate of drug-likeness (QED) is 0.0813. The summed E-state index contributed by atoms with van der Waals surface area (Å²) in [6, 6.07) is 24.7. The molecule has 2 aromatic heterocycles. The number of halogens is 1. The summed E-state index contributed by atoms with van der Waals surface area (Å²) in [5.74, 6) is 3.48. The highest BCUT2D eigenvalue weighted by Crippen LogP contribution is 2.36. The highest BCUT2D eigenvalue weighted by Gasteiger charge is 2.16. The molecule has 0 unspecified atom stereocenters. The van der Waals surface area contributed by atoms with E-state index in [0.717, 1.165) is 26.1 Å². The molecular formula is C35H32IN3O7. The third-order valence-corrected chi connectivity index (χ3v) is 7.97. The number of furan rings is 1. The number of nitrogens with one attached hydrogen (secondary N) is 1. The Morgan fingerprint density at radius 2 is 1.70 bits per heavy atom. The summed E-state index contributed by atoms with van der Waals surface area (Å²) in [5, 5.41) is 4.12. The van der Waals surface area contributed by atoms with E-state index in [2.05, 4.69) is 63.7 Å². The van der Waals surface area contributed by atoms with Gasteiger partial charge < -0.3 is 32.7 Å². The molecule has 0 aliphatic carbocycles. The van der Waals surface area contributed by atoms with E-state index in [1.807, 2.05) is 61.5 Å². The van der Waals surface area contributed by atoms with Crippen LogP contribution in [0.5, 0.6) is 28.7 Å². The fraction of sp³-hybridized carbons (Fsp3) is 0.200. The van der Waals surface area contributed by atoms with E-state index in [1.165, 1.54) is 17.6 Å². The Morgan fingerprint density at radius 3 is 2.48 bits per heavy atom. The highest BCUT2D eigenvalue weighted by atomic mass is 127. The van der Waals surface area contributed by atoms with Gasteiger partial charge >= 0.3 is 5.91 Å². The Morgan fingerprint density at radius 1 is 0.913 bits per heavy atom. The molecule has 0 bridgehead atoms. The van der Waals surface area contributed by atoms with E-state index >= 15 is 0 Å². The Kier molecular flexibility index (Phi) is 9.48. The molecule has 3 aromatic carbocycles. The van der Waals surface area contributed by atoms with Crippen molar-refractivity contribution < 1.29 is 32.9 Å². The highest BCUT2D eigenvalue weighted by molar-refractivity contribution is 14.1. The van der Waals surface area contributed by atoms with Gasteiger partial charge in [0.1, 0.15) is 24.7 Å². The molecule has 46 heavy (non-hydrogen) atoms. The van der Waals surface area contributed by atoms with Crippen LogP contribution in [0.2, 0.25) is 0 Å². The van der Waals surface area contributed by atoms with E-state index in [9.17, 15) is 4.79 Å². The van der Waals surface area contributed by atoms with E-state index in [0.29, 0.717) is 42.0 Å². The Labute approximate surface area is 280 Å². The second-order valence-electron chi connectivity index (χ2n) is 10.4. The van der Waals surface area contributed by atoms with Crippen LogP contribution in [0.3, 0.4) is 0 Å². The van der Waals surface area contributed by atoms with Gasteiger partial charge in [0.05, 0.1) is 16.4 Å². The topological polar surface area (TPSA) is 106 Å². The molecule has 0 spiro atoms. The van der Waals surface area contributed by atoms with Crippen LogP contribution in [0.15, 0.2) is 88.4 Å². The standard InChI is InChI=1S/C35H32IN3O7/c1-4-41-33-17-25(15-29(36)34(33)43-19-24-7-13-30-32(16-24)45-21-44-30)18-37-38-35(40)31-14-12-28(46-31)20-42-27-10-8-26(9-11-27)39-22(2)5-6-23(39)3/h5-18H,4,19-21H2,1-3H3,(H,38,40)/b37-18+. The molecule has 5 aromatic rings. The van der Waals surface area contributed by atoms with E-state index < -0.39 is 5.91 Å². The predicted molar refractivity (Wildman–Crippen MR) is 181 cm³/mol. The summed E-state index contributed by atoms with van der Waals surface area (Å²) in [6.45, 7) is 7.23. The minimum Gasteiger partial charge on any atom is -0.490 e. The number of aromatic nitrogens is 1. The zero-order valence-corrected chi connectivity index (χ0v) is 27.7. The number of amides is 1. The molecule has 10 nitrogen and oxygen atoms in total. The van der Waals surface area contributed by atoms with Gasteiger partial charge in [0, 0.05) is 17.1 Å². The first-order chi connectivity index (χ1) is 22.4. The van der Waals surface area contributed by atoms with Gasteiger partial charge in [-0.15, -0.1) is 0 Å². The van der Waals surface area contributed by atoms with Crippen LogP contribution >= 0.6 is 22.6 Å². The maximum atomic E-state index is 12.7. The number of aryl methyl sites for hydroxylation is 2. The Bertz CT molecular complexity index is 1860. The molecular weight excluding hydrogens is 701 g/mol. The van der Waals surface area contributed by atoms with Crippen molar-refractivity contribution in [3.63, 3.8) is 0 Å². The van der Waals surface area contributed by atoms with Crippen molar-refractivity contribution in [2.75, 3.05) is 13.4 Å². The molecule has 1 N–H and O–H groups in total. The zero-order valence-electron chi connectivity index (χ0n) is 25.5. The maximum absolute atomic E-state index is 12.7. The second-order valence-corrected chi connectivity index (χ2v) is 11.6. The van der Waals surface area contributed by atoms with Crippen molar-refractivity contribution in [1.29, 1.82) is 0 Å². The third kappa shape index (κ3) is 7.15. The molecule has 1 aliphatic rings. The van der Waals surface area contributed by atoms with Gasteiger partial charge in [-0.1, -0.05) is 6.07 Å². The second kappa shape index (κ2) is 14.0. The minimum absolute atomic E-state index is 0.126. The minimum atomic E-state index is -0.479. The van der Waals surface area contributed by atoms with Gasteiger partial charge in [-0.05, 0) is 127 Å². The van der Waals surface area contributed by atoms with Gasteiger partial charge in [0.2, 0.25) is 6.79 Å². The van der Waals surface area contributed by atoms with Crippen LogP contribution in [0, 0.1) is 17.4 Å². The lowest BCUT2D eigenvalue weighted by molar-refractivity contribution is 0.0923. The number of nitrogens with zero attached hydrogens (tertiary/aromatic N) is 2. The van der Waals surface area contributed by atoms with Crippen molar-refractivity contribution >= 4 is 34.7 Å². The first kappa shape index (κ1) is 31.1. The van der Waals surface area contributed by atoms with Crippen LogP contribution in [0.25, 0.3) is 5.69 Å². The lowest BCUT2D eigenvalue weighted by Gasteiger charge is -2.15. The Hall–Kier alpha value is -4.91. The summed E-state index contributed by atoms with van der Waals surface area (Å²) >= 11 is 2.19. The SMILES string of the molecule is CCOc1cc(/C=N/NC(=O)c2ccc(COc3ccc(-n4c(C)ccc4C)cc3)o2)cc(I)c1OCc1ccc2c(c1)OCO2. The van der Waals surface area contributed by atoms with Crippen LogP contribution < -0.4 is 29.1 Å². The molecule has 1 aliphatic heterocycles. The van der Waals surface area contributed by atoms with Crippen LogP contribution in [-0.2, 0) is 13.2 Å². The molecule has 0 atom stereocenters. The molecule has 3 heterocycles. The molecule has 0 saturated carbocycles. The lowest BCUT2D eigenvalue weighted by atomic mass is 10.2.